The van der Waals surface area contributed by atoms with E-state index in [1.165, 1.54) is 0 Å². The van der Waals surface area contributed by atoms with Crippen LogP contribution < -0.4 is 15.5 Å². The number of aryl methyl sites for hydroxylation is 1. The van der Waals surface area contributed by atoms with Crippen LogP contribution in [0.25, 0.3) is 0 Å². The standard InChI is InChI=1S/C26H31N5O4/c1-19-7-9-22(10-8-19)31-18-20(17-23(31)32)26(35)30-15-13-29(14-16-30)12-11-27-24(33)25(34)28-21-5-3-2-4-6-21/h2-10,20H,11-18H2,1H3,(H,27,33)(H,28,34). The van der Waals surface area contributed by atoms with Gasteiger partial charge >= 0.3 is 11.8 Å². The minimum absolute atomic E-state index is 0.0159. The van der Waals surface area contributed by atoms with E-state index in [0.717, 1.165) is 11.3 Å². The molecule has 0 bridgehead atoms. The highest BCUT2D eigenvalue weighted by Gasteiger charge is 2.37. The van der Waals surface area contributed by atoms with Crippen LogP contribution in [0.1, 0.15) is 12.0 Å². The van der Waals surface area contributed by atoms with E-state index in [2.05, 4.69) is 15.5 Å². The summed E-state index contributed by atoms with van der Waals surface area (Å²) in [4.78, 5) is 55.2. The Hall–Kier alpha value is -3.72. The molecule has 2 heterocycles. The van der Waals surface area contributed by atoms with Gasteiger partial charge in [-0.25, -0.2) is 0 Å². The fraction of sp³-hybridized carbons (Fsp3) is 0.385. The molecule has 9 heteroatoms. The molecule has 0 aromatic heterocycles. The molecule has 4 rings (SSSR count). The molecule has 35 heavy (non-hydrogen) atoms. The molecule has 2 aromatic rings. The minimum atomic E-state index is -0.697. The summed E-state index contributed by atoms with van der Waals surface area (Å²) in [5.41, 5.74) is 2.53. The van der Waals surface area contributed by atoms with Gasteiger partial charge in [-0.3, -0.25) is 24.1 Å². The Labute approximate surface area is 205 Å². The second-order valence-electron chi connectivity index (χ2n) is 8.98. The first-order valence-corrected chi connectivity index (χ1v) is 11.9. The highest BCUT2D eigenvalue weighted by molar-refractivity contribution is 6.39. The zero-order valence-corrected chi connectivity index (χ0v) is 19.9. The van der Waals surface area contributed by atoms with Crippen molar-refractivity contribution in [1.82, 2.24) is 15.1 Å². The van der Waals surface area contributed by atoms with Gasteiger partial charge in [-0.05, 0) is 31.2 Å². The maximum absolute atomic E-state index is 13.0. The van der Waals surface area contributed by atoms with Gasteiger partial charge in [0.05, 0.1) is 5.92 Å². The summed E-state index contributed by atoms with van der Waals surface area (Å²) >= 11 is 0. The lowest BCUT2D eigenvalue weighted by Crippen LogP contribution is -2.52. The van der Waals surface area contributed by atoms with Crippen LogP contribution in [-0.4, -0.2) is 79.2 Å². The van der Waals surface area contributed by atoms with Gasteiger partial charge in [0.2, 0.25) is 11.8 Å². The number of piperazine rings is 1. The average molecular weight is 478 g/mol. The van der Waals surface area contributed by atoms with Crippen LogP contribution in [0.15, 0.2) is 54.6 Å². The molecule has 2 saturated heterocycles. The van der Waals surface area contributed by atoms with E-state index in [4.69, 9.17) is 0 Å². The second kappa shape index (κ2) is 11.1. The minimum Gasteiger partial charge on any atom is -0.347 e. The Morgan fingerprint density at radius 3 is 2.29 bits per heavy atom. The molecule has 2 aliphatic rings. The molecular formula is C26H31N5O4. The fourth-order valence-electron chi connectivity index (χ4n) is 4.41. The summed E-state index contributed by atoms with van der Waals surface area (Å²) in [5.74, 6) is -1.68. The van der Waals surface area contributed by atoms with Crippen molar-refractivity contribution in [2.75, 3.05) is 56.0 Å². The van der Waals surface area contributed by atoms with Gasteiger partial charge in [0, 0.05) is 63.6 Å². The highest BCUT2D eigenvalue weighted by Crippen LogP contribution is 2.27. The summed E-state index contributed by atoms with van der Waals surface area (Å²) in [6, 6.07) is 16.6. The van der Waals surface area contributed by atoms with Crippen molar-refractivity contribution < 1.29 is 19.2 Å². The van der Waals surface area contributed by atoms with Gasteiger partial charge in [0.25, 0.3) is 0 Å². The van der Waals surface area contributed by atoms with Crippen molar-refractivity contribution >= 4 is 35.0 Å². The molecule has 2 N–H and O–H groups in total. The SMILES string of the molecule is Cc1ccc(N2CC(C(=O)N3CCN(CCNC(=O)C(=O)Nc4ccccc4)CC3)CC2=O)cc1. The molecular weight excluding hydrogens is 446 g/mol. The van der Waals surface area contributed by atoms with Crippen LogP contribution in [0, 0.1) is 12.8 Å². The lowest BCUT2D eigenvalue weighted by molar-refractivity contribution is -0.137. The molecule has 4 amide bonds. The maximum Gasteiger partial charge on any atom is 0.313 e. The predicted molar refractivity (Wildman–Crippen MR) is 133 cm³/mol. The highest BCUT2D eigenvalue weighted by atomic mass is 16.2. The van der Waals surface area contributed by atoms with E-state index in [9.17, 15) is 19.2 Å². The number of nitrogens with zero attached hydrogens (tertiary/aromatic N) is 3. The predicted octanol–water partition coefficient (Wildman–Crippen LogP) is 1.25. The molecule has 2 aliphatic heterocycles. The summed E-state index contributed by atoms with van der Waals surface area (Å²) in [7, 11) is 0. The molecule has 2 fully saturated rings. The number of anilines is 2. The zero-order valence-electron chi connectivity index (χ0n) is 19.9. The average Bonchev–Trinajstić information content (AvgIpc) is 3.26. The number of hydrogen-bond acceptors (Lipinski definition) is 5. The van der Waals surface area contributed by atoms with E-state index in [0.29, 0.717) is 51.5 Å². The third kappa shape index (κ3) is 6.24. The van der Waals surface area contributed by atoms with Crippen molar-refractivity contribution in [3.63, 3.8) is 0 Å². The number of hydrogen-bond donors (Lipinski definition) is 2. The number of para-hydroxylation sites is 1. The molecule has 1 atom stereocenters. The third-order valence-corrected chi connectivity index (χ3v) is 6.46. The molecule has 0 aliphatic carbocycles. The monoisotopic (exact) mass is 477 g/mol. The molecule has 0 radical (unpaired) electrons. The summed E-state index contributed by atoms with van der Waals surface area (Å²) in [6.45, 7) is 5.87. The van der Waals surface area contributed by atoms with E-state index < -0.39 is 11.8 Å². The second-order valence-corrected chi connectivity index (χ2v) is 8.98. The van der Waals surface area contributed by atoms with Crippen molar-refractivity contribution in [1.29, 1.82) is 0 Å². The Balaban J connectivity index is 1.17. The number of nitrogens with one attached hydrogen (secondary N) is 2. The lowest BCUT2D eigenvalue weighted by atomic mass is 10.1. The van der Waals surface area contributed by atoms with Crippen LogP contribution in [0.5, 0.6) is 0 Å². The van der Waals surface area contributed by atoms with Gasteiger partial charge in [0.15, 0.2) is 0 Å². The van der Waals surface area contributed by atoms with Crippen molar-refractivity contribution in [2.24, 2.45) is 5.92 Å². The maximum atomic E-state index is 13.0. The largest absolute Gasteiger partial charge is 0.347 e. The van der Waals surface area contributed by atoms with Gasteiger partial charge in [-0.15, -0.1) is 0 Å². The Kier molecular flexibility index (Phi) is 7.77. The van der Waals surface area contributed by atoms with Crippen LogP contribution in [0.4, 0.5) is 11.4 Å². The topological polar surface area (TPSA) is 102 Å². The summed E-state index contributed by atoms with van der Waals surface area (Å²) in [6.07, 6.45) is 0.240. The van der Waals surface area contributed by atoms with Crippen molar-refractivity contribution in [3.05, 3.63) is 60.2 Å². The van der Waals surface area contributed by atoms with Gasteiger partial charge in [-0.2, -0.15) is 0 Å². The lowest BCUT2D eigenvalue weighted by Gasteiger charge is -2.35. The number of rotatable bonds is 6. The summed E-state index contributed by atoms with van der Waals surface area (Å²) in [5, 5.41) is 5.20. The van der Waals surface area contributed by atoms with Gasteiger partial charge < -0.3 is 20.4 Å². The van der Waals surface area contributed by atoms with E-state index in [-0.39, 0.29) is 24.2 Å². The number of carbonyl (C=O) groups is 4. The van der Waals surface area contributed by atoms with E-state index in [1.807, 2.05) is 42.2 Å². The van der Waals surface area contributed by atoms with Crippen molar-refractivity contribution in [3.8, 4) is 0 Å². The van der Waals surface area contributed by atoms with E-state index in [1.54, 1.807) is 29.2 Å². The Morgan fingerprint density at radius 1 is 0.914 bits per heavy atom. The smallest absolute Gasteiger partial charge is 0.313 e. The first-order chi connectivity index (χ1) is 16.9. The molecule has 184 valence electrons. The first kappa shape index (κ1) is 24.4. The Morgan fingerprint density at radius 2 is 1.60 bits per heavy atom. The van der Waals surface area contributed by atoms with Gasteiger partial charge in [0.1, 0.15) is 0 Å². The first-order valence-electron chi connectivity index (χ1n) is 11.9. The molecule has 2 aromatic carbocycles. The molecule has 0 saturated carbocycles. The van der Waals surface area contributed by atoms with Crippen LogP contribution in [0.2, 0.25) is 0 Å². The quantitative estimate of drug-likeness (QED) is 0.610. The number of benzene rings is 2. The third-order valence-electron chi connectivity index (χ3n) is 6.46. The Bertz CT molecular complexity index is 1060. The van der Waals surface area contributed by atoms with Crippen LogP contribution in [0.3, 0.4) is 0 Å². The fourth-order valence-corrected chi connectivity index (χ4v) is 4.41. The molecule has 9 nitrogen and oxygen atoms in total. The number of carbonyl (C=O) groups excluding carboxylic acids is 4. The van der Waals surface area contributed by atoms with Crippen LogP contribution >= 0.6 is 0 Å². The van der Waals surface area contributed by atoms with Crippen molar-refractivity contribution in [2.45, 2.75) is 13.3 Å². The normalized spacial score (nSPS) is 18.4. The van der Waals surface area contributed by atoms with E-state index >= 15 is 0 Å². The molecule has 1 unspecified atom stereocenters. The molecule has 0 spiro atoms. The van der Waals surface area contributed by atoms with Crippen LogP contribution in [-0.2, 0) is 19.2 Å². The zero-order chi connectivity index (χ0) is 24.8. The summed E-state index contributed by atoms with van der Waals surface area (Å²) < 4.78 is 0. The number of amides is 4. The van der Waals surface area contributed by atoms with Gasteiger partial charge in [-0.1, -0.05) is 35.9 Å².